The lowest BCUT2D eigenvalue weighted by Gasteiger charge is -2.39. The fourth-order valence-electron chi connectivity index (χ4n) is 4.57. The largest absolute Gasteiger partial charge is 0.452 e. The second-order valence-corrected chi connectivity index (χ2v) is 9.69. The van der Waals surface area contributed by atoms with Crippen molar-refractivity contribution in [2.24, 2.45) is 10.7 Å². The van der Waals surface area contributed by atoms with Crippen molar-refractivity contribution in [3.05, 3.63) is 95.5 Å². The monoisotopic (exact) mass is 534 g/mol. The third kappa shape index (κ3) is 4.12. The standard InChI is InChI=1S/C26H17F3N6O2S/c27-14-1-3-18(32-12-14)24(36)33-15-2-4-20-16(10-15)26(6-8-38-25(30)35-26)17-11-19(34-23(29)22(17)37-20)13-5-7-31-21(28)9-13/h1-5,7,9-12H,6,8H2,(H2,30,35)(H,33,36)/t26-/m0/s1. The van der Waals surface area contributed by atoms with Gasteiger partial charge in [-0.25, -0.2) is 24.3 Å². The molecule has 12 heteroatoms. The minimum absolute atomic E-state index is 0.0270. The number of anilines is 1. The van der Waals surface area contributed by atoms with E-state index in [-0.39, 0.29) is 17.1 Å². The topological polar surface area (TPSA) is 115 Å². The third-order valence-electron chi connectivity index (χ3n) is 6.27. The number of rotatable bonds is 3. The number of aliphatic imine (C=N–C) groups is 1. The molecule has 3 N–H and O–H groups in total. The summed E-state index contributed by atoms with van der Waals surface area (Å²) in [6.07, 6.45) is 2.66. The number of hydrogen-bond acceptors (Lipinski definition) is 8. The average molecular weight is 535 g/mol. The number of aromatic nitrogens is 3. The molecule has 0 saturated heterocycles. The van der Waals surface area contributed by atoms with E-state index >= 15 is 4.39 Å². The quantitative estimate of drug-likeness (QED) is 0.355. The highest BCUT2D eigenvalue weighted by atomic mass is 32.2. The van der Waals surface area contributed by atoms with Gasteiger partial charge in [0.25, 0.3) is 11.9 Å². The van der Waals surface area contributed by atoms with Gasteiger partial charge in [0.1, 0.15) is 22.8 Å². The van der Waals surface area contributed by atoms with Crippen molar-refractivity contribution in [3.63, 3.8) is 0 Å². The van der Waals surface area contributed by atoms with E-state index in [2.05, 4.69) is 20.3 Å². The fraction of sp³-hybridized carbons (Fsp3) is 0.115. The lowest BCUT2D eigenvalue weighted by atomic mass is 9.78. The summed E-state index contributed by atoms with van der Waals surface area (Å²) in [6, 6.07) is 11.5. The van der Waals surface area contributed by atoms with Crippen molar-refractivity contribution in [1.82, 2.24) is 15.0 Å². The zero-order chi connectivity index (χ0) is 26.4. The molecule has 0 aliphatic carbocycles. The van der Waals surface area contributed by atoms with Gasteiger partial charge in [0.2, 0.25) is 5.95 Å². The van der Waals surface area contributed by atoms with E-state index in [9.17, 15) is 13.6 Å². The Balaban J connectivity index is 1.48. The van der Waals surface area contributed by atoms with Crippen molar-refractivity contribution in [3.8, 4) is 22.8 Å². The molecule has 1 atom stereocenters. The lowest BCUT2D eigenvalue weighted by molar-refractivity contribution is 0.102. The van der Waals surface area contributed by atoms with Crippen LogP contribution in [0.1, 0.15) is 28.0 Å². The number of carbonyl (C=O) groups excluding carboxylic acids is 1. The number of halogens is 3. The first-order valence-corrected chi connectivity index (χ1v) is 12.4. The van der Waals surface area contributed by atoms with Crippen LogP contribution in [-0.4, -0.2) is 31.8 Å². The molecule has 0 radical (unpaired) electrons. The van der Waals surface area contributed by atoms with Crippen molar-refractivity contribution >= 4 is 28.5 Å². The number of nitrogens with zero attached hydrogens (tertiary/aromatic N) is 4. The molecule has 1 spiro atoms. The molecule has 0 unspecified atom stereocenters. The summed E-state index contributed by atoms with van der Waals surface area (Å²) in [4.78, 5) is 28.8. The minimum atomic E-state index is -1.16. The Morgan fingerprint density at radius 3 is 2.68 bits per heavy atom. The van der Waals surface area contributed by atoms with Crippen molar-refractivity contribution in [2.45, 2.75) is 12.0 Å². The van der Waals surface area contributed by atoms with Crippen molar-refractivity contribution < 1.29 is 22.7 Å². The van der Waals surface area contributed by atoms with Gasteiger partial charge in [-0.05, 0) is 48.9 Å². The van der Waals surface area contributed by atoms with E-state index in [1.54, 1.807) is 24.3 Å². The molecular formula is C26H17F3N6O2S. The zero-order valence-electron chi connectivity index (χ0n) is 19.4. The first-order valence-electron chi connectivity index (χ1n) is 11.4. The Kier molecular flexibility index (Phi) is 5.75. The van der Waals surface area contributed by atoms with Crippen molar-refractivity contribution in [2.75, 3.05) is 11.1 Å². The number of nitrogens with one attached hydrogen (secondary N) is 1. The first kappa shape index (κ1) is 23.9. The normalized spacial score (nSPS) is 17.7. The second kappa shape index (κ2) is 9.14. The number of amidine groups is 1. The Bertz CT molecular complexity index is 1630. The van der Waals surface area contributed by atoms with Gasteiger partial charge in [0, 0.05) is 40.4 Å². The average Bonchev–Trinajstić information content (AvgIpc) is 2.90. The van der Waals surface area contributed by atoms with Gasteiger partial charge in [-0.3, -0.25) is 4.79 Å². The van der Waals surface area contributed by atoms with Crippen LogP contribution < -0.4 is 15.8 Å². The minimum Gasteiger partial charge on any atom is -0.452 e. The number of thioether (sulfide) groups is 1. The molecule has 1 aromatic carbocycles. The van der Waals surface area contributed by atoms with Crippen LogP contribution in [0.4, 0.5) is 18.9 Å². The van der Waals surface area contributed by atoms with Gasteiger partial charge in [-0.15, -0.1) is 0 Å². The summed E-state index contributed by atoms with van der Waals surface area (Å²) in [6.45, 7) is 0. The Labute approximate surface area is 218 Å². The summed E-state index contributed by atoms with van der Waals surface area (Å²) < 4.78 is 48.4. The molecule has 3 aromatic heterocycles. The molecule has 4 aromatic rings. The van der Waals surface area contributed by atoms with E-state index in [1.807, 2.05) is 0 Å². The van der Waals surface area contributed by atoms with Gasteiger partial charge in [-0.1, -0.05) is 11.8 Å². The molecule has 190 valence electrons. The highest BCUT2D eigenvalue weighted by Gasteiger charge is 2.46. The molecule has 2 aliphatic rings. The summed E-state index contributed by atoms with van der Waals surface area (Å²) in [5.41, 5.74) is 6.86. The number of nitrogens with two attached hydrogens (primary N) is 1. The molecule has 8 nitrogen and oxygen atoms in total. The number of pyridine rings is 3. The number of benzene rings is 1. The molecule has 6 rings (SSSR count). The number of carbonyl (C=O) groups is 1. The highest BCUT2D eigenvalue weighted by Crippen LogP contribution is 2.54. The van der Waals surface area contributed by atoms with Crippen LogP contribution in [0.3, 0.4) is 0 Å². The van der Waals surface area contributed by atoms with Gasteiger partial charge < -0.3 is 15.8 Å². The van der Waals surface area contributed by atoms with Crippen LogP contribution >= 0.6 is 11.8 Å². The molecule has 5 heterocycles. The predicted molar refractivity (Wildman–Crippen MR) is 136 cm³/mol. The lowest BCUT2D eigenvalue weighted by Crippen LogP contribution is -2.36. The predicted octanol–water partition coefficient (Wildman–Crippen LogP) is 5.01. The van der Waals surface area contributed by atoms with Gasteiger partial charge >= 0.3 is 0 Å². The van der Waals surface area contributed by atoms with Gasteiger partial charge in [0.15, 0.2) is 10.9 Å². The van der Waals surface area contributed by atoms with E-state index in [0.717, 1.165) is 18.3 Å². The number of hydrogen-bond donors (Lipinski definition) is 2. The van der Waals surface area contributed by atoms with Crippen LogP contribution in [-0.2, 0) is 5.54 Å². The molecule has 0 bridgehead atoms. The summed E-state index contributed by atoms with van der Waals surface area (Å²) in [5.74, 6) is -1.93. The van der Waals surface area contributed by atoms with Gasteiger partial charge in [0.05, 0.1) is 11.9 Å². The first-order chi connectivity index (χ1) is 18.3. The van der Waals surface area contributed by atoms with E-state index in [0.29, 0.717) is 45.5 Å². The number of ether oxygens (including phenoxy) is 1. The van der Waals surface area contributed by atoms with Crippen LogP contribution in [0.15, 0.2) is 65.9 Å². The maximum Gasteiger partial charge on any atom is 0.274 e. The number of amides is 1. The fourth-order valence-corrected chi connectivity index (χ4v) is 5.39. The second-order valence-electron chi connectivity index (χ2n) is 8.58. The van der Waals surface area contributed by atoms with Crippen LogP contribution in [0.5, 0.6) is 11.5 Å². The maximum absolute atomic E-state index is 15.4. The van der Waals surface area contributed by atoms with Gasteiger partial charge in [-0.2, -0.15) is 8.78 Å². The molecule has 2 aliphatic heterocycles. The van der Waals surface area contributed by atoms with E-state index in [1.165, 1.54) is 30.1 Å². The number of fused-ring (bicyclic) bond motifs is 4. The molecule has 0 fully saturated rings. The smallest absolute Gasteiger partial charge is 0.274 e. The molecule has 1 amide bonds. The van der Waals surface area contributed by atoms with Crippen LogP contribution in [0.2, 0.25) is 0 Å². The summed E-state index contributed by atoms with van der Waals surface area (Å²) in [7, 11) is 0. The highest BCUT2D eigenvalue weighted by molar-refractivity contribution is 8.13. The van der Waals surface area contributed by atoms with Crippen LogP contribution in [0, 0.1) is 17.7 Å². The zero-order valence-corrected chi connectivity index (χ0v) is 20.2. The third-order valence-corrected chi connectivity index (χ3v) is 7.06. The van der Waals surface area contributed by atoms with Crippen molar-refractivity contribution in [1.29, 1.82) is 0 Å². The van der Waals surface area contributed by atoms with E-state index in [4.69, 9.17) is 15.5 Å². The molecule has 38 heavy (non-hydrogen) atoms. The van der Waals surface area contributed by atoms with Crippen LogP contribution in [0.25, 0.3) is 11.3 Å². The van der Waals surface area contributed by atoms with E-state index < -0.39 is 29.2 Å². The Morgan fingerprint density at radius 2 is 1.92 bits per heavy atom. The SMILES string of the molecule is NC1=N[C@@]2(CCS1)c1cc(NC(=O)c3ccc(F)cn3)ccc1Oc1c2cc(-c2ccnc(F)c2)nc1F. The summed E-state index contributed by atoms with van der Waals surface area (Å²) >= 11 is 1.37. The Hall–Kier alpha value is -4.45. The molecule has 0 saturated carbocycles. The Morgan fingerprint density at radius 1 is 1.05 bits per heavy atom. The summed E-state index contributed by atoms with van der Waals surface area (Å²) in [5, 5.41) is 3.04. The maximum atomic E-state index is 15.4. The molecular weight excluding hydrogens is 517 g/mol.